The second kappa shape index (κ2) is 9.38. The number of hydrogen-bond donors (Lipinski definition) is 0. The molecule has 33 heavy (non-hydrogen) atoms. The van der Waals surface area contributed by atoms with Gasteiger partial charge in [0.1, 0.15) is 0 Å². The van der Waals surface area contributed by atoms with Crippen molar-refractivity contribution in [1.29, 1.82) is 0 Å². The molecule has 3 aromatic rings. The maximum absolute atomic E-state index is 13.3. The van der Waals surface area contributed by atoms with Crippen LogP contribution in [0.2, 0.25) is 18.1 Å². The van der Waals surface area contributed by atoms with Gasteiger partial charge in [0.15, 0.2) is 8.32 Å². The predicted octanol–water partition coefficient (Wildman–Crippen LogP) is 7.08. The zero-order valence-corrected chi connectivity index (χ0v) is 22.8. The first-order valence-corrected chi connectivity index (χ1v) is 14.6. The van der Waals surface area contributed by atoms with Gasteiger partial charge in [-0.3, -0.25) is 9.67 Å². The van der Waals surface area contributed by atoms with Gasteiger partial charge in [-0.05, 0) is 66.1 Å². The van der Waals surface area contributed by atoms with Gasteiger partial charge in [-0.25, -0.2) is 4.68 Å². The van der Waals surface area contributed by atoms with E-state index in [1.54, 1.807) is 29.3 Å². The number of pyridine rings is 1. The van der Waals surface area contributed by atoms with Crippen LogP contribution in [0.15, 0.2) is 47.5 Å². The molecule has 6 nitrogen and oxygen atoms in total. The minimum atomic E-state index is -2.72. The third-order valence-electron chi connectivity index (χ3n) is 6.19. The molecule has 0 aliphatic carbocycles. The summed E-state index contributed by atoms with van der Waals surface area (Å²) >= 11 is 3.44. The predicted molar refractivity (Wildman–Crippen MR) is 132 cm³/mol. The molecule has 0 fully saturated rings. The van der Waals surface area contributed by atoms with Crippen LogP contribution in [0.25, 0.3) is 11.3 Å². The lowest BCUT2D eigenvalue weighted by atomic mass is 9.96. The summed E-state index contributed by atoms with van der Waals surface area (Å²) < 4.78 is 36.8. The summed E-state index contributed by atoms with van der Waals surface area (Å²) in [4.78, 5) is 4.61. The van der Waals surface area contributed by atoms with Gasteiger partial charge in [0, 0.05) is 35.0 Å². The van der Waals surface area contributed by atoms with Crippen LogP contribution in [0.1, 0.15) is 59.3 Å². The molecule has 10 heteroatoms. The molecule has 0 aromatic carbocycles. The molecule has 3 heterocycles. The topological polar surface area (TPSA) is 57.8 Å². The SMILES string of the molecule is CC(C)(CC(c1ccc(Br)cn1)n1cc(-c2ccnn2C(F)F)cn1)O[Si](C)(C)C(C)(C)C. The molecule has 0 bridgehead atoms. The van der Waals surface area contributed by atoms with E-state index in [4.69, 9.17) is 4.43 Å². The third kappa shape index (κ3) is 5.96. The maximum Gasteiger partial charge on any atom is 0.333 e. The molecule has 0 aliphatic heterocycles. The second-order valence-electron chi connectivity index (χ2n) is 10.4. The summed E-state index contributed by atoms with van der Waals surface area (Å²) in [5.41, 5.74) is 1.25. The number of hydrogen-bond acceptors (Lipinski definition) is 4. The fourth-order valence-corrected chi connectivity index (χ4v) is 5.61. The van der Waals surface area contributed by atoms with Gasteiger partial charge < -0.3 is 4.43 Å². The Balaban J connectivity index is 1.97. The van der Waals surface area contributed by atoms with Gasteiger partial charge in [-0.2, -0.15) is 19.0 Å². The first kappa shape index (κ1) is 25.7. The minimum absolute atomic E-state index is 0.0716. The van der Waals surface area contributed by atoms with Crippen molar-refractivity contribution in [3.05, 3.63) is 53.2 Å². The van der Waals surface area contributed by atoms with E-state index in [2.05, 4.69) is 78.8 Å². The molecular weight excluding hydrogens is 508 g/mol. The zero-order chi connectivity index (χ0) is 24.6. The van der Waals surface area contributed by atoms with Crippen LogP contribution < -0.4 is 0 Å². The number of alkyl halides is 2. The molecule has 1 atom stereocenters. The van der Waals surface area contributed by atoms with Crippen molar-refractivity contribution in [2.45, 2.75) is 77.4 Å². The minimum Gasteiger partial charge on any atom is -0.412 e. The Morgan fingerprint density at radius 2 is 1.76 bits per heavy atom. The van der Waals surface area contributed by atoms with Crippen molar-refractivity contribution in [3.63, 3.8) is 0 Å². The molecule has 1 unspecified atom stereocenters. The van der Waals surface area contributed by atoms with Crippen molar-refractivity contribution in [2.75, 3.05) is 0 Å². The van der Waals surface area contributed by atoms with Crippen LogP contribution in [0.5, 0.6) is 0 Å². The number of aromatic nitrogens is 5. The van der Waals surface area contributed by atoms with Crippen molar-refractivity contribution < 1.29 is 13.2 Å². The van der Waals surface area contributed by atoms with Crippen LogP contribution >= 0.6 is 15.9 Å². The Kier molecular flexibility index (Phi) is 7.31. The van der Waals surface area contributed by atoms with Crippen LogP contribution in [0.3, 0.4) is 0 Å². The van der Waals surface area contributed by atoms with Gasteiger partial charge in [-0.15, -0.1) is 0 Å². The lowest BCUT2D eigenvalue weighted by Crippen LogP contribution is -2.48. The first-order chi connectivity index (χ1) is 15.2. The lowest BCUT2D eigenvalue weighted by Gasteiger charge is -2.43. The molecule has 0 aliphatic rings. The average Bonchev–Trinajstić information content (AvgIpc) is 3.34. The van der Waals surface area contributed by atoms with Gasteiger partial charge in [0.2, 0.25) is 0 Å². The van der Waals surface area contributed by atoms with Gasteiger partial charge >= 0.3 is 6.55 Å². The normalized spacial score (nSPS) is 14.2. The summed E-state index contributed by atoms with van der Waals surface area (Å²) in [5, 5.41) is 8.34. The molecule has 0 N–H and O–H groups in total. The summed E-state index contributed by atoms with van der Waals surface area (Å²) in [7, 11) is -2.03. The van der Waals surface area contributed by atoms with Crippen LogP contribution in [-0.4, -0.2) is 38.5 Å². The summed E-state index contributed by atoms with van der Waals surface area (Å²) in [6.07, 6.45) is 7.09. The molecule has 3 aromatic heterocycles. The quantitative estimate of drug-likeness (QED) is 0.287. The molecule has 0 spiro atoms. The average molecular weight is 541 g/mol. The Morgan fingerprint density at radius 3 is 2.33 bits per heavy atom. The van der Waals surface area contributed by atoms with Crippen LogP contribution in [-0.2, 0) is 4.43 Å². The highest BCUT2D eigenvalue weighted by molar-refractivity contribution is 9.10. The summed E-state index contributed by atoms with van der Waals surface area (Å²) in [6, 6.07) is 5.20. The van der Waals surface area contributed by atoms with E-state index in [9.17, 15) is 8.78 Å². The van der Waals surface area contributed by atoms with Crippen molar-refractivity contribution in [3.8, 4) is 11.3 Å². The van der Waals surface area contributed by atoms with Gasteiger partial charge in [0.05, 0.1) is 29.2 Å². The Labute approximate surface area is 203 Å². The van der Waals surface area contributed by atoms with Gasteiger partial charge in [-0.1, -0.05) is 20.8 Å². The number of nitrogens with zero attached hydrogens (tertiary/aromatic N) is 5. The molecule has 0 saturated heterocycles. The Bertz CT molecular complexity index is 1070. The number of halogens is 3. The summed E-state index contributed by atoms with van der Waals surface area (Å²) in [5.74, 6) is 0. The van der Waals surface area contributed by atoms with E-state index in [1.165, 1.54) is 6.20 Å². The lowest BCUT2D eigenvalue weighted by molar-refractivity contribution is 0.0585. The molecule has 0 amide bonds. The van der Waals surface area contributed by atoms with E-state index in [0.717, 1.165) is 10.2 Å². The fraction of sp³-hybridized carbons (Fsp3) is 0.522. The molecule has 180 valence electrons. The van der Waals surface area contributed by atoms with E-state index in [1.807, 2.05) is 12.1 Å². The fourth-order valence-electron chi connectivity index (χ4n) is 3.61. The smallest absolute Gasteiger partial charge is 0.333 e. The maximum atomic E-state index is 13.3. The highest BCUT2D eigenvalue weighted by Gasteiger charge is 2.42. The first-order valence-electron chi connectivity index (χ1n) is 10.9. The van der Waals surface area contributed by atoms with Gasteiger partial charge in [0.25, 0.3) is 0 Å². The monoisotopic (exact) mass is 539 g/mol. The highest BCUT2D eigenvalue weighted by atomic mass is 79.9. The molecular formula is C23H32BrF2N5OSi. The van der Waals surface area contributed by atoms with Crippen LogP contribution in [0.4, 0.5) is 8.78 Å². The highest BCUT2D eigenvalue weighted by Crippen LogP contribution is 2.41. The molecule has 0 radical (unpaired) electrons. The van der Waals surface area contributed by atoms with E-state index < -0.39 is 20.5 Å². The standard InChI is InChI=1S/C23H32BrF2N5OSi/c1-22(2,3)33(6,7)32-23(4,5)12-20(18-9-8-17(24)14-27-18)30-15-16(13-29-30)19-10-11-28-31(19)21(25)26/h8-11,13-15,20-21H,12H2,1-7H3. The van der Waals surface area contributed by atoms with E-state index in [-0.39, 0.29) is 11.1 Å². The largest absolute Gasteiger partial charge is 0.412 e. The Morgan fingerprint density at radius 1 is 1.06 bits per heavy atom. The van der Waals surface area contributed by atoms with E-state index in [0.29, 0.717) is 22.4 Å². The zero-order valence-electron chi connectivity index (χ0n) is 20.2. The van der Waals surface area contributed by atoms with Crippen molar-refractivity contribution in [2.24, 2.45) is 0 Å². The Hall–Kier alpha value is -1.91. The van der Waals surface area contributed by atoms with Crippen LogP contribution in [0, 0.1) is 0 Å². The molecule has 3 rings (SSSR count). The second-order valence-corrected chi connectivity index (χ2v) is 16.0. The van der Waals surface area contributed by atoms with Crippen molar-refractivity contribution >= 4 is 24.2 Å². The third-order valence-corrected chi connectivity index (χ3v) is 11.3. The number of rotatable bonds is 8. The van der Waals surface area contributed by atoms with E-state index >= 15 is 0 Å². The molecule has 0 saturated carbocycles. The summed E-state index contributed by atoms with van der Waals surface area (Å²) in [6.45, 7) is 12.6. The van der Waals surface area contributed by atoms with Crippen molar-refractivity contribution in [1.82, 2.24) is 24.5 Å².